The summed E-state index contributed by atoms with van der Waals surface area (Å²) in [6, 6.07) is 11.9. The van der Waals surface area contributed by atoms with Crippen LogP contribution in [-0.2, 0) is 11.3 Å². The lowest BCUT2D eigenvalue weighted by Crippen LogP contribution is -2.32. The van der Waals surface area contributed by atoms with Crippen LogP contribution in [0.15, 0.2) is 47.1 Å². The Balaban J connectivity index is 1.39. The molecule has 1 fully saturated rings. The molecule has 1 aliphatic heterocycles. The van der Waals surface area contributed by atoms with Crippen molar-refractivity contribution in [3.63, 3.8) is 0 Å². The molecule has 134 valence electrons. The van der Waals surface area contributed by atoms with Gasteiger partial charge in [0.1, 0.15) is 5.76 Å². The zero-order valence-electron chi connectivity index (χ0n) is 14.8. The average Bonchev–Trinajstić information content (AvgIpc) is 3.14. The van der Waals surface area contributed by atoms with E-state index in [-0.39, 0.29) is 5.91 Å². The van der Waals surface area contributed by atoms with E-state index in [2.05, 4.69) is 34.6 Å². The van der Waals surface area contributed by atoms with Crippen LogP contribution in [0.25, 0.3) is 0 Å². The molecule has 1 saturated heterocycles. The van der Waals surface area contributed by atoms with E-state index in [0.717, 1.165) is 30.5 Å². The van der Waals surface area contributed by atoms with E-state index in [4.69, 9.17) is 4.42 Å². The maximum absolute atomic E-state index is 12.0. The number of nitrogens with zero attached hydrogens (tertiary/aromatic N) is 1. The number of rotatable bonds is 7. The molecule has 0 radical (unpaired) electrons. The molecule has 2 heterocycles. The van der Waals surface area contributed by atoms with Crippen LogP contribution in [0, 0.1) is 5.92 Å². The number of furan rings is 1. The molecule has 0 bridgehead atoms. The zero-order chi connectivity index (χ0) is 17.5. The Morgan fingerprint density at radius 1 is 1.20 bits per heavy atom. The Labute approximate surface area is 149 Å². The first-order valence-electron chi connectivity index (χ1n) is 9.08. The molecule has 1 aromatic carbocycles. The summed E-state index contributed by atoms with van der Waals surface area (Å²) in [5.41, 5.74) is 2.09. The third-order valence-electron chi connectivity index (χ3n) is 4.71. The van der Waals surface area contributed by atoms with Crippen LogP contribution in [0.3, 0.4) is 0 Å². The van der Waals surface area contributed by atoms with E-state index >= 15 is 0 Å². The highest BCUT2D eigenvalue weighted by atomic mass is 16.3. The van der Waals surface area contributed by atoms with Crippen molar-refractivity contribution in [2.75, 3.05) is 29.9 Å². The molecule has 2 aromatic rings. The second-order valence-electron chi connectivity index (χ2n) is 6.77. The van der Waals surface area contributed by atoms with E-state index in [1.807, 2.05) is 24.3 Å². The summed E-state index contributed by atoms with van der Waals surface area (Å²) in [4.78, 5) is 14.4. The summed E-state index contributed by atoms with van der Waals surface area (Å²) in [7, 11) is 0. The van der Waals surface area contributed by atoms with E-state index in [9.17, 15) is 4.79 Å². The molecule has 2 N–H and O–H groups in total. The molecule has 1 aromatic heterocycles. The lowest BCUT2D eigenvalue weighted by atomic mass is 9.99. The SMILES string of the molecule is CC1CCN(c2ccc(NC(=O)CCNCc3ccco3)cc2)CC1. The lowest BCUT2D eigenvalue weighted by Gasteiger charge is -2.32. The first kappa shape index (κ1) is 17.5. The van der Waals surface area contributed by atoms with Gasteiger partial charge in [-0.3, -0.25) is 4.79 Å². The van der Waals surface area contributed by atoms with Gasteiger partial charge in [0.25, 0.3) is 0 Å². The minimum absolute atomic E-state index is 0.0199. The number of hydrogen-bond acceptors (Lipinski definition) is 4. The van der Waals surface area contributed by atoms with Crippen LogP contribution in [0.4, 0.5) is 11.4 Å². The average molecular weight is 341 g/mol. The number of amides is 1. The molecule has 5 nitrogen and oxygen atoms in total. The molecule has 5 heteroatoms. The molecule has 0 aliphatic carbocycles. The second kappa shape index (κ2) is 8.72. The normalized spacial score (nSPS) is 15.3. The van der Waals surface area contributed by atoms with E-state index in [1.54, 1.807) is 6.26 Å². The van der Waals surface area contributed by atoms with Crippen molar-refractivity contribution in [2.24, 2.45) is 5.92 Å². The predicted molar refractivity (Wildman–Crippen MR) is 101 cm³/mol. The highest BCUT2D eigenvalue weighted by Gasteiger charge is 2.15. The molecule has 0 saturated carbocycles. The Kier molecular flexibility index (Phi) is 6.12. The van der Waals surface area contributed by atoms with Crippen LogP contribution in [0.2, 0.25) is 0 Å². The van der Waals surface area contributed by atoms with Crippen LogP contribution in [0.1, 0.15) is 31.9 Å². The van der Waals surface area contributed by atoms with Gasteiger partial charge in [-0.15, -0.1) is 0 Å². The van der Waals surface area contributed by atoms with Gasteiger partial charge in [-0.25, -0.2) is 0 Å². The Bertz CT molecular complexity index is 644. The number of carbonyl (C=O) groups excluding carboxylic acids is 1. The molecule has 0 unspecified atom stereocenters. The highest BCUT2D eigenvalue weighted by molar-refractivity contribution is 5.91. The van der Waals surface area contributed by atoms with Gasteiger partial charge < -0.3 is 20.0 Å². The van der Waals surface area contributed by atoms with E-state index in [1.165, 1.54) is 18.5 Å². The van der Waals surface area contributed by atoms with Crippen molar-refractivity contribution in [1.82, 2.24) is 5.32 Å². The van der Waals surface area contributed by atoms with Gasteiger partial charge in [-0.1, -0.05) is 6.92 Å². The van der Waals surface area contributed by atoms with E-state index in [0.29, 0.717) is 19.5 Å². The number of nitrogens with one attached hydrogen (secondary N) is 2. The number of hydrogen-bond donors (Lipinski definition) is 2. The van der Waals surface area contributed by atoms with Crippen molar-refractivity contribution in [1.29, 1.82) is 0 Å². The zero-order valence-corrected chi connectivity index (χ0v) is 14.8. The summed E-state index contributed by atoms with van der Waals surface area (Å²) in [5.74, 6) is 1.73. The lowest BCUT2D eigenvalue weighted by molar-refractivity contribution is -0.116. The van der Waals surface area contributed by atoms with Crippen molar-refractivity contribution in [3.8, 4) is 0 Å². The van der Waals surface area contributed by atoms with Crippen LogP contribution in [0.5, 0.6) is 0 Å². The summed E-state index contributed by atoms with van der Waals surface area (Å²) in [5, 5.41) is 6.15. The summed E-state index contributed by atoms with van der Waals surface area (Å²) < 4.78 is 5.24. The third-order valence-corrected chi connectivity index (χ3v) is 4.71. The predicted octanol–water partition coefficient (Wildman–Crippen LogP) is 3.63. The first-order valence-corrected chi connectivity index (χ1v) is 9.08. The molecule has 1 amide bonds. The maximum atomic E-state index is 12.0. The topological polar surface area (TPSA) is 57.5 Å². The Hall–Kier alpha value is -2.27. The monoisotopic (exact) mass is 341 g/mol. The first-order chi connectivity index (χ1) is 12.2. The Morgan fingerprint density at radius 3 is 2.64 bits per heavy atom. The van der Waals surface area contributed by atoms with Crippen LogP contribution in [-0.4, -0.2) is 25.5 Å². The van der Waals surface area contributed by atoms with Crippen LogP contribution >= 0.6 is 0 Å². The molecular formula is C20H27N3O2. The Morgan fingerprint density at radius 2 is 1.96 bits per heavy atom. The van der Waals surface area contributed by atoms with Crippen molar-refractivity contribution >= 4 is 17.3 Å². The van der Waals surface area contributed by atoms with Gasteiger partial charge in [0, 0.05) is 37.4 Å². The molecular weight excluding hydrogens is 314 g/mol. The highest BCUT2D eigenvalue weighted by Crippen LogP contribution is 2.24. The fourth-order valence-electron chi connectivity index (χ4n) is 3.07. The van der Waals surface area contributed by atoms with Gasteiger partial charge >= 0.3 is 0 Å². The number of anilines is 2. The van der Waals surface area contributed by atoms with E-state index < -0.39 is 0 Å². The number of benzene rings is 1. The molecule has 3 rings (SSSR count). The fourth-order valence-corrected chi connectivity index (χ4v) is 3.07. The number of piperidine rings is 1. The van der Waals surface area contributed by atoms with Gasteiger partial charge in [-0.05, 0) is 55.2 Å². The molecule has 0 atom stereocenters. The molecule has 1 aliphatic rings. The van der Waals surface area contributed by atoms with Gasteiger partial charge in [0.05, 0.1) is 12.8 Å². The number of carbonyl (C=O) groups is 1. The smallest absolute Gasteiger partial charge is 0.225 e. The minimum atomic E-state index is 0.0199. The largest absolute Gasteiger partial charge is 0.468 e. The second-order valence-corrected chi connectivity index (χ2v) is 6.77. The van der Waals surface area contributed by atoms with Gasteiger partial charge in [0.2, 0.25) is 5.91 Å². The standard InChI is InChI=1S/C20H27N3O2/c1-16-9-12-23(13-10-16)18-6-4-17(5-7-18)22-20(24)8-11-21-15-19-3-2-14-25-19/h2-7,14,16,21H,8-13,15H2,1H3,(H,22,24). The van der Waals surface area contributed by atoms with Crippen LogP contribution < -0.4 is 15.5 Å². The van der Waals surface area contributed by atoms with Crippen molar-refractivity contribution < 1.29 is 9.21 Å². The summed E-state index contributed by atoms with van der Waals surface area (Å²) in [6.07, 6.45) is 4.59. The molecule has 25 heavy (non-hydrogen) atoms. The minimum Gasteiger partial charge on any atom is -0.468 e. The quantitative estimate of drug-likeness (QED) is 0.755. The summed E-state index contributed by atoms with van der Waals surface area (Å²) >= 11 is 0. The molecule has 0 spiro atoms. The summed E-state index contributed by atoms with van der Waals surface area (Å²) in [6.45, 7) is 5.82. The van der Waals surface area contributed by atoms with Crippen molar-refractivity contribution in [2.45, 2.75) is 32.7 Å². The fraction of sp³-hybridized carbons (Fsp3) is 0.450. The van der Waals surface area contributed by atoms with Gasteiger partial charge in [-0.2, -0.15) is 0 Å². The van der Waals surface area contributed by atoms with Gasteiger partial charge in [0.15, 0.2) is 0 Å². The van der Waals surface area contributed by atoms with Crippen molar-refractivity contribution in [3.05, 3.63) is 48.4 Å². The maximum Gasteiger partial charge on any atom is 0.225 e. The third kappa shape index (κ3) is 5.36.